The van der Waals surface area contributed by atoms with Crippen molar-refractivity contribution in [3.63, 3.8) is 0 Å². The van der Waals surface area contributed by atoms with Crippen LogP contribution in [0.15, 0.2) is 36.4 Å². The molecule has 1 heterocycles. The molecule has 1 N–H and O–H groups in total. The Hall–Kier alpha value is -2.89. The fraction of sp³-hybridized carbons (Fsp3) is 0.350. The third-order valence-corrected chi connectivity index (χ3v) is 4.78. The van der Waals surface area contributed by atoms with Crippen LogP contribution >= 0.6 is 0 Å². The summed E-state index contributed by atoms with van der Waals surface area (Å²) >= 11 is 0. The van der Waals surface area contributed by atoms with Gasteiger partial charge in [-0.25, -0.2) is 4.98 Å². The minimum atomic E-state index is -0.961. The first kappa shape index (κ1) is 17.9. The van der Waals surface area contributed by atoms with Gasteiger partial charge < -0.3 is 14.7 Å². The van der Waals surface area contributed by atoms with Crippen molar-refractivity contribution < 1.29 is 19.4 Å². The van der Waals surface area contributed by atoms with Gasteiger partial charge in [0.2, 0.25) is 5.88 Å². The highest BCUT2D eigenvalue weighted by molar-refractivity contribution is 5.97. The van der Waals surface area contributed by atoms with Gasteiger partial charge in [-0.1, -0.05) is 30.3 Å². The van der Waals surface area contributed by atoms with E-state index in [1.54, 1.807) is 7.05 Å². The Bertz CT molecular complexity index is 820. The third-order valence-electron chi connectivity index (χ3n) is 4.78. The lowest BCUT2D eigenvalue weighted by Gasteiger charge is -2.28. The molecule has 6 heteroatoms. The lowest BCUT2D eigenvalue weighted by Crippen LogP contribution is -2.33. The van der Waals surface area contributed by atoms with Gasteiger partial charge in [0.1, 0.15) is 5.56 Å². The molecular weight excluding hydrogens is 332 g/mol. The molecule has 0 saturated carbocycles. The monoisotopic (exact) mass is 354 g/mol. The number of carbonyl (C=O) groups is 2. The fourth-order valence-corrected chi connectivity index (χ4v) is 3.41. The van der Waals surface area contributed by atoms with E-state index >= 15 is 0 Å². The Morgan fingerprint density at radius 3 is 2.65 bits per heavy atom. The number of carbonyl (C=O) groups excluding carboxylic acids is 1. The van der Waals surface area contributed by atoms with Gasteiger partial charge in [0, 0.05) is 12.7 Å². The highest BCUT2D eigenvalue weighted by Crippen LogP contribution is 2.30. The van der Waals surface area contributed by atoms with Crippen LogP contribution in [0.1, 0.15) is 46.1 Å². The van der Waals surface area contributed by atoms with Crippen molar-refractivity contribution in [1.29, 1.82) is 0 Å². The van der Waals surface area contributed by atoms with E-state index in [9.17, 15) is 14.7 Å². The summed E-state index contributed by atoms with van der Waals surface area (Å²) in [6.45, 7) is 0. The van der Waals surface area contributed by atoms with Crippen molar-refractivity contribution in [2.24, 2.45) is 0 Å². The first-order valence-corrected chi connectivity index (χ1v) is 8.62. The van der Waals surface area contributed by atoms with Crippen LogP contribution in [-0.2, 0) is 17.6 Å². The molecule has 136 valence electrons. The van der Waals surface area contributed by atoms with Gasteiger partial charge in [-0.3, -0.25) is 9.59 Å². The fourth-order valence-electron chi connectivity index (χ4n) is 3.41. The second kappa shape index (κ2) is 7.56. The number of amides is 1. The second-order valence-corrected chi connectivity index (χ2v) is 6.44. The molecule has 0 unspecified atom stereocenters. The number of fused-ring (bicyclic) bond motifs is 1. The predicted molar refractivity (Wildman–Crippen MR) is 96.3 cm³/mol. The van der Waals surface area contributed by atoms with Crippen LogP contribution in [0.25, 0.3) is 0 Å². The molecule has 1 aromatic heterocycles. The first-order chi connectivity index (χ1) is 12.5. The van der Waals surface area contributed by atoms with E-state index in [0.29, 0.717) is 11.4 Å². The normalized spacial score (nSPS) is 13.8. The van der Waals surface area contributed by atoms with Gasteiger partial charge in [-0.2, -0.15) is 0 Å². The number of aliphatic carboxylic acids is 1. The van der Waals surface area contributed by atoms with Crippen LogP contribution in [0.4, 0.5) is 0 Å². The zero-order valence-electron chi connectivity index (χ0n) is 14.9. The molecule has 2 aromatic rings. The van der Waals surface area contributed by atoms with Crippen molar-refractivity contribution in [3.8, 4) is 5.88 Å². The highest BCUT2D eigenvalue weighted by Gasteiger charge is 2.29. The molecule has 26 heavy (non-hydrogen) atoms. The second-order valence-electron chi connectivity index (χ2n) is 6.44. The summed E-state index contributed by atoms with van der Waals surface area (Å²) < 4.78 is 5.33. The smallest absolute Gasteiger partial charge is 0.305 e. The molecule has 1 aromatic carbocycles. The van der Waals surface area contributed by atoms with Crippen molar-refractivity contribution >= 4 is 11.9 Å². The van der Waals surface area contributed by atoms with Crippen LogP contribution in [0.5, 0.6) is 5.88 Å². The molecule has 1 aliphatic carbocycles. The molecule has 0 radical (unpaired) electrons. The molecule has 0 spiro atoms. The number of aryl methyl sites for hydroxylation is 2. The number of ether oxygens (including phenoxy) is 1. The largest absolute Gasteiger partial charge is 0.481 e. The predicted octanol–water partition coefficient (Wildman–Crippen LogP) is 2.87. The summed E-state index contributed by atoms with van der Waals surface area (Å²) in [4.78, 5) is 30.4. The summed E-state index contributed by atoms with van der Waals surface area (Å²) in [7, 11) is 3.11. The molecule has 1 amide bonds. The Balaban J connectivity index is 1.96. The van der Waals surface area contributed by atoms with Gasteiger partial charge in [-0.05, 0) is 36.5 Å². The maximum Gasteiger partial charge on any atom is 0.305 e. The Labute approximate surface area is 152 Å². The van der Waals surface area contributed by atoms with Crippen LogP contribution in [0.2, 0.25) is 0 Å². The van der Waals surface area contributed by atoms with E-state index in [0.717, 1.165) is 36.1 Å². The Morgan fingerprint density at radius 2 is 2.00 bits per heavy atom. The van der Waals surface area contributed by atoms with Gasteiger partial charge >= 0.3 is 5.97 Å². The van der Waals surface area contributed by atoms with E-state index < -0.39 is 12.0 Å². The van der Waals surface area contributed by atoms with Crippen molar-refractivity contribution in [3.05, 3.63) is 58.8 Å². The SMILES string of the molecule is COc1nc2c(cc1C(=O)N(C)[C@@H](CC(=O)O)c1ccccc1)CCC2. The first-order valence-electron chi connectivity index (χ1n) is 8.62. The van der Waals surface area contributed by atoms with E-state index in [1.807, 2.05) is 36.4 Å². The number of hydrogen-bond acceptors (Lipinski definition) is 4. The molecular formula is C20H22N2O4. The van der Waals surface area contributed by atoms with Gasteiger partial charge in [0.05, 0.1) is 19.6 Å². The quantitative estimate of drug-likeness (QED) is 0.863. The molecule has 0 fully saturated rings. The maximum absolute atomic E-state index is 13.1. The van der Waals surface area contributed by atoms with Crippen molar-refractivity contribution in [2.75, 3.05) is 14.2 Å². The lowest BCUT2D eigenvalue weighted by atomic mass is 10.0. The minimum Gasteiger partial charge on any atom is -0.481 e. The Kier molecular flexibility index (Phi) is 5.21. The molecule has 6 nitrogen and oxygen atoms in total. The average molecular weight is 354 g/mol. The van der Waals surface area contributed by atoms with Crippen LogP contribution < -0.4 is 4.74 Å². The summed E-state index contributed by atoms with van der Waals surface area (Å²) in [5, 5.41) is 9.30. The molecule has 0 aliphatic heterocycles. The zero-order valence-corrected chi connectivity index (χ0v) is 14.9. The standard InChI is InChI=1S/C20H22N2O4/c1-22(17(12-18(23)24)13-7-4-3-5-8-13)20(25)15-11-14-9-6-10-16(14)21-19(15)26-2/h3-5,7-8,11,17H,6,9-10,12H2,1-2H3,(H,23,24)/t17-/m0/s1. The van der Waals surface area contributed by atoms with E-state index in [1.165, 1.54) is 12.0 Å². The number of benzene rings is 1. The summed E-state index contributed by atoms with van der Waals surface area (Å²) in [6, 6.07) is 10.5. The minimum absolute atomic E-state index is 0.174. The topological polar surface area (TPSA) is 79.7 Å². The third kappa shape index (κ3) is 3.54. The summed E-state index contributed by atoms with van der Waals surface area (Å²) in [5.74, 6) is -0.957. The zero-order chi connectivity index (χ0) is 18.7. The molecule has 0 saturated heterocycles. The van der Waals surface area contributed by atoms with Gasteiger partial charge in [0.15, 0.2) is 0 Å². The number of nitrogens with zero attached hydrogens (tertiary/aromatic N) is 2. The average Bonchev–Trinajstić information content (AvgIpc) is 3.11. The number of rotatable bonds is 6. The number of aromatic nitrogens is 1. The number of pyridine rings is 1. The van der Waals surface area contributed by atoms with E-state index in [4.69, 9.17) is 4.74 Å². The molecule has 1 atom stereocenters. The highest BCUT2D eigenvalue weighted by atomic mass is 16.5. The van der Waals surface area contributed by atoms with E-state index in [2.05, 4.69) is 4.98 Å². The molecule has 1 aliphatic rings. The van der Waals surface area contributed by atoms with Crippen molar-refractivity contribution in [1.82, 2.24) is 9.88 Å². The number of methoxy groups -OCH3 is 1. The van der Waals surface area contributed by atoms with Gasteiger partial charge in [0.25, 0.3) is 5.91 Å². The van der Waals surface area contributed by atoms with Crippen LogP contribution in [0.3, 0.4) is 0 Å². The van der Waals surface area contributed by atoms with Crippen LogP contribution in [-0.4, -0.2) is 41.0 Å². The lowest BCUT2D eigenvalue weighted by molar-refractivity contribution is -0.138. The summed E-state index contributed by atoms with van der Waals surface area (Å²) in [6.07, 6.45) is 2.63. The number of carboxylic acid groups (broad SMARTS) is 1. The number of hydrogen-bond donors (Lipinski definition) is 1. The maximum atomic E-state index is 13.1. The molecule has 3 rings (SSSR count). The number of carboxylic acids is 1. The Morgan fingerprint density at radius 1 is 1.27 bits per heavy atom. The van der Waals surface area contributed by atoms with E-state index in [-0.39, 0.29) is 12.3 Å². The van der Waals surface area contributed by atoms with Crippen molar-refractivity contribution in [2.45, 2.75) is 31.7 Å². The van der Waals surface area contributed by atoms with Crippen LogP contribution in [0, 0.1) is 0 Å². The van der Waals surface area contributed by atoms with Gasteiger partial charge in [-0.15, -0.1) is 0 Å². The molecule has 0 bridgehead atoms. The summed E-state index contributed by atoms with van der Waals surface area (Å²) in [5.41, 5.74) is 3.20.